The predicted octanol–water partition coefficient (Wildman–Crippen LogP) is 0.910. The molecule has 0 aliphatic rings. The Balaban J connectivity index is 2.53. The van der Waals surface area contributed by atoms with Crippen molar-refractivity contribution in [1.82, 2.24) is 10.2 Å². The molecule has 0 atom stereocenters. The van der Waals surface area contributed by atoms with E-state index in [0.29, 0.717) is 12.0 Å². The summed E-state index contributed by atoms with van der Waals surface area (Å²) in [5, 5.41) is 16.6. The van der Waals surface area contributed by atoms with Gasteiger partial charge in [0.15, 0.2) is 0 Å². The number of carbonyl (C=O) groups excluding carboxylic acids is 1. The number of carbonyl (C=O) groups is 1. The standard InChI is InChI=1S/C10H10N2O2/c13-4-3-9-8-2-1-7(6-14)5-10(8)12-11-9/h1-2,5-6,13H,3-4H2,(H,11,12). The van der Waals surface area contributed by atoms with Crippen LogP contribution in [0.5, 0.6) is 0 Å². The van der Waals surface area contributed by atoms with Gasteiger partial charge in [-0.15, -0.1) is 0 Å². The largest absolute Gasteiger partial charge is 0.396 e. The number of nitrogens with one attached hydrogen (secondary N) is 1. The van der Waals surface area contributed by atoms with E-state index in [1.54, 1.807) is 12.1 Å². The van der Waals surface area contributed by atoms with Crippen LogP contribution < -0.4 is 0 Å². The SMILES string of the molecule is O=Cc1ccc2c(CCO)[nH]nc2c1. The fourth-order valence-corrected chi connectivity index (χ4v) is 1.46. The smallest absolute Gasteiger partial charge is 0.150 e. The number of aldehydes is 1. The summed E-state index contributed by atoms with van der Waals surface area (Å²) in [5.74, 6) is 0. The Morgan fingerprint density at radius 2 is 2.36 bits per heavy atom. The van der Waals surface area contributed by atoms with E-state index in [4.69, 9.17) is 5.11 Å². The molecule has 0 saturated carbocycles. The second-order valence-electron chi connectivity index (χ2n) is 3.07. The first-order valence-electron chi connectivity index (χ1n) is 4.38. The molecule has 0 aliphatic carbocycles. The van der Waals surface area contributed by atoms with Gasteiger partial charge in [0, 0.05) is 29.7 Å². The van der Waals surface area contributed by atoms with Gasteiger partial charge in [0.05, 0.1) is 5.52 Å². The van der Waals surface area contributed by atoms with Gasteiger partial charge in [0.25, 0.3) is 0 Å². The zero-order valence-corrected chi connectivity index (χ0v) is 7.53. The number of nitrogens with zero attached hydrogens (tertiary/aromatic N) is 1. The van der Waals surface area contributed by atoms with Crippen LogP contribution >= 0.6 is 0 Å². The minimum atomic E-state index is 0.0900. The normalized spacial score (nSPS) is 10.6. The predicted molar refractivity (Wildman–Crippen MR) is 52.3 cm³/mol. The molecular weight excluding hydrogens is 180 g/mol. The van der Waals surface area contributed by atoms with E-state index in [-0.39, 0.29) is 6.61 Å². The molecule has 0 bridgehead atoms. The van der Waals surface area contributed by atoms with Gasteiger partial charge < -0.3 is 5.11 Å². The number of aliphatic hydroxyl groups excluding tert-OH is 1. The molecule has 0 saturated heterocycles. The number of rotatable bonds is 3. The highest BCUT2D eigenvalue weighted by Gasteiger charge is 2.04. The third-order valence-electron chi connectivity index (χ3n) is 2.16. The number of aromatic nitrogens is 2. The number of fused-ring (bicyclic) bond motifs is 1. The van der Waals surface area contributed by atoms with E-state index in [9.17, 15) is 4.79 Å². The summed E-state index contributed by atoms with van der Waals surface area (Å²) in [6.45, 7) is 0.0900. The molecule has 0 unspecified atom stereocenters. The first-order chi connectivity index (χ1) is 6.85. The molecule has 2 N–H and O–H groups in total. The van der Waals surface area contributed by atoms with E-state index in [0.717, 1.165) is 22.9 Å². The van der Waals surface area contributed by atoms with Crippen LogP contribution in [-0.2, 0) is 6.42 Å². The molecule has 0 radical (unpaired) electrons. The number of H-pyrrole nitrogens is 1. The molecule has 2 rings (SSSR count). The van der Waals surface area contributed by atoms with Gasteiger partial charge in [-0.2, -0.15) is 5.10 Å². The molecule has 1 heterocycles. The van der Waals surface area contributed by atoms with E-state index in [2.05, 4.69) is 10.2 Å². The highest BCUT2D eigenvalue weighted by molar-refractivity contribution is 5.87. The van der Waals surface area contributed by atoms with Crippen LogP contribution in [0.2, 0.25) is 0 Å². The second kappa shape index (κ2) is 3.59. The number of hydrogen-bond acceptors (Lipinski definition) is 3. The lowest BCUT2D eigenvalue weighted by Gasteiger charge is -1.94. The van der Waals surface area contributed by atoms with Crippen LogP contribution in [-0.4, -0.2) is 28.2 Å². The molecule has 1 aromatic heterocycles. The van der Waals surface area contributed by atoms with Crippen molar-refractivity contribution in [3.05, 3.63) is 29.5 Å². The first kappa shape index (κ1) is 8.90. The Labute approximate surface area is 80.6 Å². The molecule has 0 spiro atoms. The maximum absolute atomic E-state index is 10.5. The first-order valence-corrected chi connectivity index (χ1v) is 4.38. The van der Waals surface area contributed by atoms with Crippen molar-refractivity contribution in [3.8, 4) is 0 Å². The van der Waals surface area contributed by atoms with Crippen molar-refractivity contribution in [1.29, 1.82) is 0 Å². The monoisotopic (exact) mass is 190 g/mol. The van der Waals surface area contributed by atoms with E-state index >= 15 is 0 Å². The van der Waals surface area contributed by atoms with E-state index in [1.807, 2.05) is 6.07 Å². The molecule has 4 heteroatoms. The second-order valence-corrected chi connectivity index (χ2v) is 3.07. The van der Waals surface area contributed by atoms with Crippen molar-refractivity contribution >= 4 is 17.2 Å². The molecule has 0 aliphatic heterocycles. The van der Waals surface area contributed by atoms with Crippen LogP contribution in [0, 0.1) is 0 Å². The maximum atomic E-state index is 10.5. The zero-order chi connectivity index (χ0) is 9.97. The van der Waals surface area contributed by atoms with Crippen molar-refractivity contribution in [2.45, 2.75) is 6.42 Å². The Hall–Kier alpha value is -1.68. The number of benzene rings is 1. The van der Waals surface area contributed by atoms with Crippen molar-refractivity contribution in [3.63, 3.8) is 0 Å². The molecule has 0 amide bonds. The van der Waals surface area contributed by atoms with Crippen LogP contribution in [0.4, 0.5) is 0 Å². The van der Waals surface area contributed by atoms with Gasteiger partial charge >= 0.3 is 0 Å². The molecule has 0 fully saturated rings. The Bertz CT molecular complexity index is 462. The number of hydrogen-bond donors (Lipinski definition) is 2. The summed E-state index contributed by atoms with van der Waals surface area (Å²) in [6, 6.07) is 5.30. The van der Waals surface area contributed by atoms with E-state index < -0.39 is 0 Å². The van der Waals surface area contributed by atoms with Crippen molar-refractivity contribution in [2.24, 2.45) is 0 Å². The lowest BCUT2D eigenvalue weighted by atomic mass is 10.1. The summed E-state index contributed by atoms with van der Waals surface area (Å²) < 4.78 is 0. The number of aliphatic hydroxyl groups is 1. The maximum Gasteiger partial charge on any atom is 0.150 e. The molecular formula is C10H10N2O2. The van der Waals surface area contributed by atoms with E-state index in [1.165, 1.54) is 0 Å². The summed E-state index contributed by atoms with van der Waals surface area (Å²) in [4.78, 5) is 10.5. The molecule has 1 aromatic carbocycles. The van der Waals surface area contributed by atoms with Gasteiger partial charge in [-0.25, -0.2) is 0 Å². The van der Waals surface area contributed by atoms with Crippen molar-refractivity contribution < 1.29 is 9.90 Å². The zero-order valence-electron chi connectivity index (χ0n) is 7.53. The average Bonchev–Trinajstić information content (AvgIpc) is 2.61. The van der Waals surface area contributed by atoms with Crippen LogP contribution in [0.25, 0.3) is 10.9 Å². The lowest BCUT2D eigenvalue weighted by Crippen LogP contribution is -1.90. The summed E-state index contributed by atoms with van der Waals surface area (Å²) >= 11 is 0. The fraction of sp³-hybridized carbons (Fsp3) is 0.200. The minimum Gasteiger partial charge on any atom is -0.396 e. The molecule has 72 valence electrons. The van der Waals surface area contributed by atoms with Crippen LogP contribution in [0.1, 0.15) is 16.1 Å². The average molecular weight is 190 g/mol. The van der Waals surface area contributed by atoms with Gasteiger partial charge in [0.1, 0.15) is 6.29 Å². The third kappa shape index (κ3) is 1.40. The van der Waals surface area contributed by atoms with Gasteiger partial charge in [-0.3, -0.25) is 9.89 Å². The Morgan fingerprint density at radius 1 is 1.50 bits per heavy atom. The fourth-order valence-electron chi connectivity index (χ4n) is 1.46. The Morgan fingerprint density at radius 3 is 3.07 bits per heavy atom. The lowest BCUT2D eigenvalue weighted by molar-refractivity contribution is 0.112. The highest BCUT2D eigenvalue weighted by Crippen LogP contribution is 2.16. The summed E-state index contributed by atoms with van der Waals surface area (Å²) in [7, 11) is 0. The van der Waals surface area contributed by atoms with Gasteiger partial charge in [0.2, 0.25) is 0 Å². The Kier molecular flexibility index (Phi) is 2.28. The van der Waals surface area contributed by atoms with Crippen LogP contribution in [0.3, 0.4) is 0 Å². The van der Waals surface area contributed by atoms with Crippen molar-refractivity contribution in [2.75, 3.05) is 6.61 Å². The molecule has 2 aromatic rings. The topological polar surface area (TPSA) is 66.0 Å². The minimum absolute atomic E-state index is 0.0900. The van der Waals surface area contributed by atoms with Crippen LogP contribution in [0.15, 0.2) is 18.2 Å². The molecule has 14 heavy (non-hydrogen) atoms. The summed E-state index contributed by atoms with van der Waals surface area (Å²) in [5.41, 5.74) is 2.28. The van der Waals surface area contributed by atoms with Gasteiger partial charge in [-0.05, 0) is 6.07 Å². The quantitative estimate of drug-likeness (QED) is 0.707. The number of aromatic amines is 1. The summed E-state index contributed by atoms with van der Waals surface area (Å²) in [6.07, 6.45) is 1.34. The van der Waals surface area contributed by atoms with Gasteiger partial charge in [-0.1, -0.05) is 12.1 Å². The third-order valence-corrected chi connectivity index (χ3v) is 2.16. The molecule has 4 nitrogen and oxygen atoms in total. The highest BCUT2D eigenvalue weighted by atomic mass is 16.3.